The minimum atomic E-state index is -0.542. The molecule has 2 N–H and O–H groups in total. The summed E-state index contributed by atoms with van der Waals surface area (Å²) in [5, 5.41) is 17.3. The molecule has 0 bridgehead atoms. The van der Waals surface area contributed by atoms with E-state index in [4.69, 9.17) is 0 Å². The maximum atomic E-state index is 11.6. The average molecular weight is 280 g/mol. The summed E-state index contributed by atoms with van der Waals surface area (Å²) >= 11 is 1.30. The fraction of sp³-hybridized carbons (Fsp3) is 0.417. The van der Waals surface area contributed by atoms with Crippen LogP contribution in [0, 0.1) is 0 Å². The van der Waals surface area contributed by atoms with Gasteiger partial charge in [0.05, 0.1) is 6.10 Å². The van der Waals surface area contributed by atoms with Crippen LogP contribution in [-0.4, -0.2) is 24.9 Å². The van der Waals surface area contributed by atoms with Gasteiger partial charge in [0.1, 0.15) is 5.03 Å². The first-order chi connectivity index (χ1) is 9.11. The third-order valence-corrected chi connectivity index (χ3v) is 3.53. The lowest BCUT2D eigenvalue weighted by atomic mass is 10.2. The van der Waals surface area contributed by atoms with Crippen molar-refractivity contribution in [1.82, 2.24) is 19.7 Å². The van der Waals surface area contributed by atoms with Crippen LogP contribution in [0.5, 0.6) is 0 Å². The van der Waals surface area contributed by atoms with Gasteiger partial charge in [-0.3, -0.25) is 4.57 Å². The van der Waals surface area contributed by atoms with E-state index in [9.17, 15) is 9.90 Å². The third-order valence-electron chi connectivity index (χ3n) is 2.61. The van der Waals surface area contributed by atoms with Crippen molar-refractivity contribution in [2.24, 2.45) is 0 Å². The summed E-state index contributed by atoms with van der Waals surface area (Å²) in [5.41, 5.74) is 0.577. The van der Waals surface area contributed by atoms with Crippen LogP contribution in [0.3, 0.4) is 0 Å². The van der Waals surface area contributed by atoms with E-state index in [1.165, 1.54) is 11.8 Å². The van der Waals surface area contributed by atoms with Crippen molar-refractivity contribution < 1.29 is 5.11 Å². The largest absolute Gasteiger partial charge is 0.389 e. The molecular weight excluding hydrogens is 264 g/mol. The smallest absolute Gasteiger partial charge is 0.343 e. The fourth-order valence-electron chi connectivity index (χ4n) is 1.64. The van der Waals surface area contributed by atoms with Gasteiger partial charge < -0.3 is 5.11 Å². The number of nitrogens with zero attached hydrogens (tertiary/aromatic N) is 3. The van der Waals surface area contributed by atoms with Crippen LogP contribution in [0.15, 0.2) is 33.3 Å². The number of H-pyrrole nitrogens is 1. The average Bonchev–Trinajstić information content (AvgIpc) is 2.72. The highest BCUT2D eigenvalue weighted by atomic mass is 32.2. The zero-order valence-electron chi connectivity index (χ0n) is 10.8. The van der Waals surface area contributed by atoms with Gasteiger partial charge in [-0.15, -0.1) is 5.10 Å². The zero-order chi connectivity index (χ0) is 13.8. The van der Waals surface area contributed by atoms with E-state index in [1.54, 1.807) is 29.8 Å². The molecule has 1 unspecified atom stereocenters. The molecule has 0 aromatic carbocycles. The molecule has 0 aliphatic rings. The van der Waals surface area contributed by atoms with Gasteiger partial charge in [-0.05, 0) is 42.8 Å². The van der Waals surface area contributed by atoms with E-state index >= 15 is 0 Å². The Kier molecular flexibility index (Phi) is 4.39. The lowest BCUT2D eigenvalue weighted by molar-refractivity contribution is 0.199. The summed E-state index contributed by atoms with van der Waals surface area (Å²) in [6.07, 6.45) is 1.95. The number of nitrogens with one attached hydrogen (secondary N) is 1. The van der Waals surface area contributed by atoms with E-state index in [1.807, 2.05) is 6.92 Å². The number of hydrogen-bond donors (Lipinski definition) is 2. The molecule has 6 nitrogen and oxygen atoms in total. The van der Waals surface area contributed by atoms with Gasteiger partial charge >= 0.3 is 5.69 Å². The number of rotatable bonds is 5. The zero-order valence-corrected chi connectivity index (χ0v) is 11.6. The van der Waals surface area contributed by atoms with Crippen molar-refractivity contribution in [3.05, 3.63) is 34.4 Å². The molecule has 0 saturated carbocycles. The highest BCUT2D eigenvalue weighted by Crippen LogP contribution is 2.25. The number of hydrogen-bond acceptors (Lipinski definition) is 5. The maximum absolute atomic E-state index is 11.6. The van der Waals surface area contributed by atoms with E-state index in [0.717, 1.165) is 12.0 Å². The summed E-state index contributed by atoms with van der Waals surface area (Å²) in [4.78, 5) is 15.8. The molecule has 0 spiro atoms. The van der Waals surface area contributed by atoms with Crippen LogP contribution in [0.4, 0.5) is 0 Å². The first kappa shape index (κ1) is 13.8. The van der Waals surface area contributed by atoms with Crippen molar-refractivity contribution >= 4 is 11.8 Å². The van der Waals surface area contributed by atoms with Crippen molar-refractivity contribution in [2.75, 3.05) is 0 Å². The predicted octanol–water partition coefficient (Wildman–Crippen LogP) is 1.58. The van der Waals surface area contributed by atoms with Gasteiger partial charge in [0.25, 0.3) is 0 Å². The number of aliphatic hydroxyl groups excluding tert-OH is 1. The Balaban J connectivity index is 2.26. The molecule has 0 fully saturated rings. The highest BCUT2D eigenvalue weighted by Gasteiger charge is 2.11. The number of aliphatic hydroxyl groups is 1. The topological polar surface area (TPSA) is 83.8 Å². The van der Waals surface area contributed by atoms with E-state index in [0.29, 0.717) is 16.7 Å². The van der Waals surface area contributed by atoms with Gasteiger partial charge in [0, 0.05) is 12.7 Å². The quantitative estimate of drug-likeness (QED) is 0.868. The Morgan fingerprint density at radius 3 is 3.05 bits per heavy atom. The summed E-state index contributed by atoms with van der Waals surface area (Å²) in [5.74, 6) is 0. The third kappa shape index (κ3) is 3.24. The molecule has 2 heterocycles. The van der Waals surface area contributed by atoms with E-state index in [2.05, 4.69) is 15.2 Å². The molecule has 0 aliphatic carbocycles. The molecule has 2 aromatic rings. The molecule has 1 atom stereocenters. The van der Waals surface area contributed by atoms with Gasteiger partial charge in [-0.25, -0.2) is 14.9 Å². The fourth-order valence-corrected chi connectivity index (χ4v) is 2.51. The molecule has 19 heavy (non-hydrogen) atoms. The second-order valence-corrected chi connectivity index (χ2v) is 5.16. The van der Waals surface area contributed by atoms with Crippen LogP contribution >= 0.6 is 11.8 Å². The molecule has 0 amide bonds. The highest BCUT2D eigenvalue weighted by molar-refractivity contribution is 7.99. The summed E-state index contributed by atoms with van der Waals surface area (Å²) in [6.45, 7) is 4.32. The van der Waals surface area contributed by atoms with Crippen LogP contribution < -0.4 is 5.69 Å². The van der Waals surface area contributed by atoms with Crippen molar-refractivity contribution in [1.29, 1.82) is 0 Å². The van der Waals surface area contributed by atoms with Gasteiger partial charge in [-0.1, -0.05) is 6.92 Å². The Labute approximate surface area is 114 Å². The molecule has 7 heteroatoms. The van der Waals surface area contributed by atoms with Crippen molar-refractivity contribution in [2.45, 2.75) is 43.1 Å². The maximum Gasteiger partial charge on any atom is 0.343 e. The number of aromatic nitrogens is 4. The predicted molar refractivity (Wildman–Crippen MR) is 72.1 cm³/mol. The Morgan fingerprint density at radius 2 is 2.37 bits per heavy atom. The van der Waals surface area contributed by atoms with E-state index < -0.39 is 6.10 Å². The minimum absolute atomic E-state index is 0.212. The van der Waals surface area contributed by atoms with Crippen molar-refractivity contribution in [3.63, 3.8) is 0 Å². The van der Waals surface area contributed by atoms with Crippen LogP contribution in [0.1, 0.15) is 31.9 Å². The number of pyridine rings is 1. The molecule has 0 radical (unpaired) electrons. The van der Waals surface area contributed by atoms with Gasteiger partial charge in [0.2, 0.25) is 0 Å². The summed E-state index contributed by atoms with van der Waals surface area (Å²) in [6, 6.07) is 3.56. The molecule has 102 valence electrons. The molecule has 0 saturated heterocycles. The molecular formula is C12H16N4O2S. The van der Waals surface area contributed by atoms with E-state index in [-0.39, 0.29) is 5.69 Å². The van der Waals surface area contributed by atoms with Crippen LogP contribution in [0.25, 0.3) is 0 Å². The standard InChI is InChI=1S/C12H16N4O2S/c1-3-6-16-11(18)14-15-12(16)19-10-7-9(8(2)17)4-5-13-10/h4-5,7-8,17H,3,6H2,1-2H3,(H,14,18). The summed E-state index contributed by atoms with van der Waals surface area (Å²) < 4.78 is 1.58. The first-order valence-corrected chi connectivity index (χ1v) is 6.90. The molecule has 0 aliphatic heterocycles. The van der Waals surface area contributed by atoms with Gasteiger partial charge in [0.15, 0.2) is 5.16 Å². The van der Waals surface area contributed by atoms with Crippen LogP contribution in [-0.2, 0) is 6.54 Å². The SMILES string of the molecule is CCCn1c(Sc2cc(C(C)O)ccn2)n[nH]c1=O. The lowest BCUT2D eigenvalue weighted by Crippen LogP contribution is -2.17. The Hall–Kier alpha value is -1.60. The second kappa shape index (κ2) is 6.03. The van der Waals surface area contributed by atoms with Gasteiger partial charge in [-0.2, -0.15) is 0 Å². The normalized spacial score (nSPS) is 12.6. The molecule has 2 rings (SSSR count). The Bertz CT molecular complexity index is 606. The monoisotopic (exact) mass is 280 g/mol. The first-order valence-electron chi connectivity index (χ1n) is 6.09. The lowest BCUT2D eigenvalue weighted by Gasteiger charge is -2.06. The molecule has 2 aromatic heterocycles. The summed E-state index contributed by atoms with van der Waals surface area (Å²) in [7, 11) is 0. The second-order valence-electron chi connectivity index (χ2n) is 4.17. The van der Waals surface area contributed by atoms with Crippen LogP contribution in [0.2, 0.25) is 0 Å². The Morgan fingerprint density at radius 1 is 1.58 bits per heavy atom. The minimum Gasteiger partial charge on any atom is -0.389 e. The number of aromatic amines is 1. The van der Waals surface area contributed by atoms with Crippen molar-refractivity contribution in [3.8, 4) is 0 Å².